The van der Waals surface area contributed by atoms with E-state index in [4.69, 9.17) is 11.6 Å². The highest BCUT2D eigenvalue weighted by Gasteiger charge is 2.13. The number of H-pyrrole nitrogens is 1. The van der Waals surface area contributed by atoms with Gasteiger partial charge in [0.2, 0.25) is 5.43 Å². The predicted octanol–water partition coefficient (Wildman–Crippen LogP) is 2.60. The first-order valence-corrected chi connectivity index (χ1v) is 7.74. The molecule has 3 aromatic rings. The van der Waals surface area contributed by atoms with Crippen LogP contribution in [-0.4, -0.2) is 16.0 Å². The van der Waals surface area contributed by atoms with Gasteiger partial charge in [0.1, 0.15) is 5.56 Å². The third kappa shape index (κ3) is 3.32. The SMILES string of the molecule is O=C(NCc1ccc(Cl)cc1)c1c[nH]c2ccc(CO)cc2c1=O. The lowest BCUT2D eigenvalue weighted by Crippen LogP contribution is -2.28. The molecule has 0 saturated heterocycles. The van der Waals surface area contributed by atoms with Crippen molar-refractivity contribution in [1.29, 1.82) is 0 Å². The summed E-state index contributed by atoms with van der Waals surface area (Å²) in [7, 11) is 0. The van der Waals surface area contributed by atoms with Gasteiger partial charge in [-0.2, -0.15) is 0 Å². The highest BCUT2D eigenvalue weighted by atomic mass is 35.5. The summed E-state index contributed by atoms with van der Waals surface area (Å²) in [5.74, 6) is -0.456. The minimum Gasteiger partial charge on any atom is -0.392 e. The second-order valence-electron chi connectivity index (χ2n) is 5.38. The minimum absolute atomic E-state index is 0.0338. The fourth-order valence-corrected chi connectivity index (χ4v) is 2.54. The van der Waals surface area contributed by atoms with Crippen molar-refractivity contribution in [2.45, 2.75) is 13.2 Å². The Morgan fingerprint density at radius 2 is 1.83 bits per heavy atom. The summed E-state index contributed by atoms with van der Waals surface area (Å²) >= 11 is 5.82. The highest BCUT2D eigenvalue weighted by molar-refractivity contribution is 6.30. The monoisotopic (exact) mass is 342 g/mol. The number of fused-ring (bicyclic) bond motifs is 1. The van der Waals surface area contributed by atoms with Crippen LogP contribution in [0.4, 0.5) is 0 Å². The molecule has 122 valence electrons. The summed E-state index contributed by atoms with van der Waals surface area (Å²) in [5, 5.41) is 12.9. The van der Waals surface area contributed by atoms with Crippen LogP contribution < -0.4 is 10.7 Å². The van der Waals surface area contributed by atoms with E-state index in [1.807, 2.05) is 0 Å². The molecular formula is C18H15ClN2O3. The quantitative estimate of drug-likeness (QED) is 0.681. The van der Waals surface area contributed by atoms with Crippen molar-refractivity contribution >= 4 is 28.4 Å². The van der Waals surface area contributed by atoms with E-state index in [2.05, 4.69) is 10.3 Å². The maximum Gasteiger partial charge on any atom is 0.257 e. The number of aliphatic hydroxyl groups excluding tert-OH is 1. The van der Waals surface area contributed by atoms with Gasteiger partial charge in [0.15, 0.2) is 0 Å². The molecule has 0 unspecified atom stereocenters. The number of aromatic amines is 1. The van der Waals surface area contributed by atoms with Crippen molar-refractivity contribution in [2.75, 3.05) is 0 Å². The lowest BCUT2D eigenvalue weighted by atomic mass is 10.1. The number of hydrogen-bond donors (Lipinski definition) is 3. The maximum atomic E-state index is 12.5. The third-order valence-corrected chi connectivity index (χ3v) is 3.99. The lowest BCUT2D eigenvalue weighted by Gasteiger charge is -2.07. The third-order valence-electron chi connectivity index (χ3n) is 3.74. The van der Waals surface area contributed by atoms with Crippen LogP contribution in [-0.2, 0) is 13.2 Å². The number of amides is 1. The Labute approximate surface area is 142 Å². The summed E-state index contributed by atoms with van der Waals surface area (Å²) in [6.07, 6.45) is 1.40. The second kappa shape index (κ2) is 6.86. The molecule has 5 nitrogen and oxygen atoms in total. The number of rotatable bonds is 4. The van der Waals surface area contributed by atoms with Gasteiger partial charge in [-0.15, -0.1) is 0 Å². The molecule has 3 N–H and O–H groups in total. The van der Waals surface area contributed by atoms with Gasteiger partial charge in [0, 0.05) is 28.7 Å². The Hall–Kier alpha value is -2.63. The van der Waals surface area contributed by atoms with E-state index in [1.165, 1.54) is 6.20 Å². The second-order valence-corrected chi connectivity index (χ2v) is 5.82. The number of halogens is 1. The van der Waals surface area contributed by atoms with Crippen molar-refractivity contribution in [1.82, 2.24) is 10.3 Å². The fourth-order valence-electron chi connectivity index (χ4n) is 2.41. The van der Waals surface area contributed by atoms with Crippen molar-refractivity contribution in [3.8, 4) is 0 Å². The molecule has 1 aromatic heterocycles. The standard InChI is InChI=1S/C18H15ClN2O3/c19-13-4-1-11(2-5-13)8-21-18(24)15-9-20-16-6-3-12(10-22)7-14(16)17(15)23/h1-7,9,22H,8,10H2,(H,20,23)(H,21,24). The number of benzene rings is 2. The summed E-state index contributed by atoms with van der Waals surface area (Å²) < 4.78 is 0. The van der Waals surface area contributed by atoms with Gasteiger partial charge >= 0.3 is 0 Å². The van der Waals surface area contributed by atoms with E-state index >= 15 is 0 Å². The normalized spacial score (nSPS) is 10.8. The molecule has 0 aliphatic rings. The van der Waals surface area contributed by atoms with Crippen LogP contribution in [0.15, 0.2) is 53.5 Å². The van der Waals surface area contributed by atoms with Crippen LogP contribution in [0.5, 0.6) is 0 Å². The van der Waals surface area contributed by atoms with E-state index < -0.39 is 5.91 Å². The van der Waals surface area contributed by atoms with Crippen LogP contribution in [0.2, 0.25) is 5.02 Å². The first-order valence-electron chi connectivity index (χ1n) is 7.36. The molecule has 0 aliphatic heterocycles. The Bertz CT molecular complexity index is 949. The predicted molar refractivity (Wildman–Crippen MR) is 93.1 cm³/mol. The zero-order valence-corrected chi connectivity index (χ0v) is 13.4. The van der Waals surface area contributed by atoms with Crippen LogP contribution in [0.3, 0.4) is 0 Å². The van der Waals surface area contributed by atoms with E-state index in [0.717, 1.165) is 5.56 Å². The average molecular weight is 343 g/mol. The molecule has 6 heteroatoms. The number of aliphatic hydroxyl groups is 1. The van der Waals surface area contributed by atoms with Crippen LogP contribution >= 0.6 is 11.6 Å². The van der Waals surface area contributed by atoms with Gasteiger partial charge in [-0.1, -0.05) is 29.8 Å². The Morgan fingerprint density at radius 1 is 1.12 bits per heavy atom. The molecule has 0 bridgehead atoms. The zero-order valence-electron chi connectivity index (χ0n) is 12.7. The molecule has 1 amide bonds. The summed E-state index contributed by atoms with van der Waals surface area (Å²) in [5.41, 5.74) is 1.78. The van der Waals surface area contributed by atoms with E-state index in [0.29, 0.717) is 28.0 Å². The first-order chi connectivity index (χ1) is 11.6. The van der Waals surface area contributed by atoms with Crippen molar-refractivity contribution < 1.29 is 9.90 Å². The van der Waals surface area contributed by atoms with Gasteiger partial charge in [-0.05, 0) is 35.4 Å². The van der Waals surface area contributed by atoms with E-state index in [-0.39, 0.29) is 17.6 Å². The molecule has 0 aliphatic carbocycles. The minimum atomic E-state index is -0.456. The summed E-state index contributed by atoms with van der Waals surface area (Å²) in [6.45, 7) is 0.131. The van der Waals surface area contributed by atoms with Crippen LogP contribution in [0, 0.1) is 0 Å². The number of hydrogen-bond acceptors (Lipinski definition) is 3. The molecule has 1 heterocycles. The molecular weight excluding hydrogens is 328 g/mol. The van der Waals surface area contributed by atoms with Crippen molar-refractivity contribution in [3.63, 3.8) is 0 Å². The number of nitrogens with one attached hydrogen (secondary N) is 2. The fraction of sp³-hybridized carbons (Fsp3) is 0.111. The maximum absolute atomic E-state index is 12.5. The van der Waals surface area contributed by atoms with E-state index in [1.54, 1.807) is 42.5 Å². The van der Waals surface area contributed by atoms with Gasteiger partial charge in [-0.25, -0.2) is 0 Å². The first kappa shape index (κ1) is 16.2. The highest BCUT2D eigenvalue weighted by Crippen LogP contribution is 2.12. The van der Waals surface area contributed by atoms with Crippen molar-refractivity contribution in [2.24, 2.45) is 0 Å². The largest absolute Gasteiger partial charge is 0.392 e. The van der Waals surface area contributed by atoms with Crippen LogP contribution in [0.1, 0.15) is 21.5 Å². The van der Waals surface area contributed by atoms with Gasteiger partial charge in [0.25, 0.3) is 5.91 Å². The molecule has 2 aromatic carbocycles. The lowest BCUT2D eigenvalue weighted by molar-refractivity contribution is 0.0949. The van der Waals surface area contributed by atoms with Crippen LogP contribution in [0.25, 0.3) is 10.9 Å². The molecule has 0 saturated carbocycles. The topological polar surface area (TPSA) is 82.2 Å². The number of carbonyl (C=O) groups excluding carboxylic acids is 1. The van der Waals surface area contributed by atoms with Gasteiger partial charge in [0.05, 0.1) is 6.61 Å². The van der Waals surface area contributed by atoms with Crippen molar-refractivity contribution in [3.05, 3.63) is 80.6 Å². The molecule has 0 atom stereocenters. The van der Waals surface area contributed by atoms with Gasteiger partial charge < -0.3 is 15.4 Å². The molecule has 0 radical (unpaired) electrons. The summed E-state index contributed by atoms with van der Waals surface area (Å²) in [6, 6.07) is 12.1. The molecule has 0 spiro atoms. The Balaban J connectivity index is 1.85. The molecule has 24 heavy (non-hydrogen) atoms. The number of carbonyl (C=O) groups is 1. The smallest absolute Gasteiger partial charge is 0.257 e. The molecule has 3 rings (SSSR count). The Morgan fingerprint density at radius 3 is 2.54 bits per heavy atom. The molecule has 0 fully saturated rings. The number of aromatic nitrogens is 1. The zero-order chi connectivity index (χ0) is 17.1. The van der Waals surface area contributed by atoms with E-state index in [9.17, 15) is 14.7 Å². The summed E-state index contributed by atoms with van der Waals surface area (Å²) in [4.78, 5) is 27.7. The van der Waals surface area contributed by atoms with Gasteiger partial charge in [-0.3, -0.25) is 9.59 Å². The average Bonchev–Trinajstić information content (AvgIpc) is 2.61. The Kier molecular flexibility index (Phi) is 4.64. The number of pyridine rings is 1.